The Morgan fingerprint density at radius 2 is 1.69 bits per heavy atom. The van der Waals surface area contributed by atoms with Gasteiger partial charge in [0.2, 0.25) is 0 Å². The first-order valence-corrected chi connectivity index (χ1v) is 12.5. The minimum atomic E-state index is -3.78. The molecule has 0 saturated carbocycles. The highest BCUT2D eigenvalue weighted by Crippen LogP contribution is 2.38. The largest absolute Gasteiger partial charge is 0.354 e. The van der Waals surface area contributed by atoms with E-state index in [2.05, 4.69) is 19.2 Å². The van der Waals surface area contributed by atoms with E-state index in [4.69, 9.17) is 18.9 Å². The van der Waals surface area contributed by atoms with Gasteiger partial charge in [-0.15, -0.1) is 0 Å². The molecule has 2 heterocycles. The van der Waals surface area contributed by atoms with Crippen LogP contribution in [-0.2, 0) is 28.8 Å². The van der Waals surface area contributed by atoms with Crippen molar-refractivity contribution in [2.45, 2.75) is 54.8 Å². The molecule has 174 valence electrons. The summed E-state index contributed by atoms with van der Waals surface area (Å²) in [6, 6.07) is 17.4. The maximum Gasteiger partial charge on any atom is 0.185 e. The van der Waals surface area contributed by atoms with E-state index in [0.29, 0.717) is 12.5 Å². The average molecular weight is 462 g/mol. The van der Waals surface area contributed by atoms with Crippen molar-refractivity contribution in [2.24, 2.45) is 5.92 Å². The zero-order chi connectivity index (χ0) is 22.7. The molecule has 2 aliphatic heterocycles. The second-order valence-electron chi connectivity index (χ2n) is 8.61. The molecule has 2 aromatic carbocycles. The van der Waals surface area contributed by atoms with Crippen molar-refractivity contribution in [1.82, 2.24) is 5.32 Å². The Morgan fingerprint density at radius 1 is 1.03 bits per heavy atom. The fraction of sp³-hybridized carbons (Fsp3) is 0.500. The van der Waals surface area contributed by atoms with E-state index in [0.717, 1.165) is 5.56 Å². The molecule has 1 unspecified atom stereocenters. The molecule has 0 radical (unpaired) electrons. The Hall–Kier alpha value is -1.81. The number of hydrogen-bond donors (Lipinski definition) is 1. The fourth-order valence-corrected chi connectivity index (χ4v) is 6.33. The first-order chi connectivity index (χ1) is 15.4. The van der Waals surface area contributed by atoms with Gasteiger partial charge in [0.15, 0.2) is 22.4 Å². The number of ether oxygens (including phenoxy) is 4. The van der Waals surface area contributed by atoms with Crippen LogP contribution in [0.4, 0.5) is 0 Å². The third-order valence-corrected chi connectivity index (χ3v) is 8.04. The van der Waals surface area contributed by atoms with Crippen LogP contribution >= 0.6 is 0 Å². The van der Waals surface area contributed by atoms with Gasteiger partial charge in [-0.25, -0.2) is 8.42 Å². The van der Waals surface area contributed by atoms with Crippen LogP contribution in [0.15, 0.2) is 65.6 Å². The number of benzene rings is 2. The smallest absolute Gasteiger partial charge is 0.185 e. The summed E-state index contributed by atoms with van der Waals surface area (Å²) in [4.78, 5) is 0.253. The quantitative estimate of drug-likeness (QED) is 0.679. The minimum Gasteiger partial charge on any atom is -0.354 e. The van der Waals surface area contributed by atoms with Crippen LogP contribution in [0.3, 0.4) is 0 Å². The van der Waals surface area contributed by atoms with Crippen LogP contribution in [0.25, 0.3) is 0 Å². The predicted molar refractivity (Wildman–Crippen MR) is 120 cm³/mol. The second kappa shape index (κ2) is 9.99. The Morgan fingerprint density at radius 3 is 2.31 bits per heavy atom. The number of nitrogens with one attached hydrogen (secondary N) is 1. The highest BCUT2D eigenvalue weighted by Gasteiger charge is 2.55. The molecule has 0 amide bonds. The number of rotatable bonds is 7. The molecule has 6 atom stereocenters. The molecule has 7 nitrogen and oxygen atoms in total. The third kappa shape index (κ3) is 4.76. The average Bonchev–Trinajstić information content (AvgIpc) is 2.82. The van der Waals surface area contributed by atoms with Gasteiger partial charge in [-0.3, -0.25) is 0 Å². The van der Waals surface area contributed by atoms with Gasteiger partial charge in [-0.2, -0.15) is 0 Å². The van der Waals surface area contributed by atoms with Gasteiger partial charge < -0.3 is 24.3 Å². The summed E-state index contributed by atoms with van der Waals surface area (Å²) in [6.07, 6.45) is -2.71. The van der Waals surface area contributed by atoms with Gasteiger partial charge in [0, 0.05) is 12.7 Å². The summed E-state index contributed by atoms with van der Waals surface area (Å²) in [5.74, 6) is 0.318. The van der Waals surface area contributed by atoms with E-state index >= 15 is 0 Å². The number of hydrogen-bond acceptors (Lipinski definition) is 7. The molecular formula is C24H31NO6S. The summed E-state index contributed by atoms with van der Waals surface area (Å²) in [7, 11) is -2.25. The van der Waals surface area contributed by atoms with Crippen LogP contribution in [0.5, 0.6) is 0 Å². The first kappa shape index (κ1) is 23.4. The minimum absolute atomic E-state index is 0.210. The lowest BCUT2D eigenvalue weighted by Gasteiger charge is -2.49. The molecule has 0 spiro atoms. The molecule has 4 rings (SSSR count). The standard InChI is InChI=1S/C24H31NO6S/c1-16(2)14-25-20-22(32(26,27)18-12-8-5-9-13-18)21-19(30-24(20)28-3)15-29-23(31-21)17-10-6-4-7-11-17/h4-13,16,19-25H,14-15H2,1-3H3/t19-,20-,21-,22-,23?,24+/m1/s1. The lowest BCUT2D eigenvalue weighted by atomic mass is 9.98. The molecule has 2 fully saturated rings. The molecule has 0 aliphatic carbocycles. The van der Waals surface area contributed by atoms with Crippen LogP contribution in [-0.4, -0.2) is 58.5 Å². The zero-order valence-corrected chi connectivity index (χ0v) is 19.4. The summed E-state index contributed by atoms with van der Waals surface area (Å²) in [6.45, 7) is 4.96. The van der Waals surface area contributed by atoms with E-state index in [1.54, 1.807) is 30.3 Å². The van der Waals surface area contributed by atoms with E-state index in [1.807, 2.05) is 30.3 Å². The molecule has 8 heteroatoms. The molecule has 2 saturated heterocycles. The van der Waals surface area contributed by atoms with E-state index in [9.17, 15) is 8.42 Å². The lowest BCUT2D eigenvalue weighted by molar-refractivity contribution is -0.317. The van der Waals surface area contributed by atoms with Gasteiger partial charge in [-0.05, 0) is 24.6 Å². The maximum atomic E-state index is 13.9. The van der Waals surface area contributed by atoms with Gasteiger partial charge in [0.1, 0.15) is 17.5 Å². The molecule has 0 bridgehead atoms. The summed E-state index contributed by atoms with van der Waals surface area (Å²) < 4.78 is 51.8. The lowest BCUT2D eigenvalue weighted by Crippen LogP contribution is -2.68. The monoisotopic (exact) mass is 461 g/mol. The molecule has 2 aromatic rings. The number of fused-ring (bicyclic) bond motifs is 1. The molecule has 32 heavy (non-hydrogen) atoms. The van der Waals surface area contributed by atoms with Crippen molar-refractivity contribution < 1.29 is 27.4 Å². The highest BCUT2D eigenvalue weighted by molar-refractivity contribution is 7.92. The third-order valence-electron chi connectivity index (χ3n) is 5.83. The zero-order valence-electron chi connectivity index (χ0n) is 18.6. The summed E-state index contributed by atoms with van der Waals surface area (Å²) in [5.41, 5.74) is 0.836. The highest BCUT2D eigenvalue weighted by atomic mass is 32.2. The fourth-order valence-electron chi connectivity index (χ4n) is 4.28. The van der Waals surface area contributed by atoms with E-state index in [1.165, 1.54) is 7.11 Å². The Labute approximate surface area is 189 Å². The SMILES string of the molecule is CO[C@H]1O[C@@H]2COC(c3ccccc3)O[C@H]2[C@H](S(=O)(=O)c2ccccc2)[C@H]1NCC(C)C. The van der Waals surface area contributed by atoms with Crippen LogP contribution < -0.4 is 5.32 Å². The molecule has 1 N–H and O–H groups in total. The predicted octanol–water partition coefficient (Wildman–Crippen LogP) is 2.93. The number of methoxy groups -OCH3 is 1. The van der Waals surface area contributed by atoms with Gasteiger partial charge in [0.05, 0.1) is 17.5 Å². The normalized spacial score (nSPS) is 30.8. The molecule has 2 aliphatic rings. The number of sulfone groups is 1. The molecule has 0 aromatic heterocycles. The van der Waals surface area contributed by atoms with E-state index < -0.39 is 45.9 Å². The van der Waals surface area contributed by atoms with E-state index in [-0.39, 0.29) is 11.5 Å². The summed E-state index contributed by atoms with van der Waals surface area (Å²) in [5, 5.41) is 2.47. The van der Waals surface area contributed by atoms with Crippen LogP contribution in [0.2, 0.25) is 0 Å². The second-order valence-corrected chi connectivity index (χ2v) is 10.7. The van der Waals surface area contributed by atoms with Crippen LogP contribution in [0.1, 0.15) is 25.7 Å². The topological polar surface area (TPSA) is 83.1 Å². The van der Waals surface area contributed by atoms with Crippen molar-refractivity contribution in [3.8, 4) is 0 Å². The van der Waals surface area contributed by atoms with Gasteiger partial charge >= 0.3 is 0 Å². The summed E-state index contributed by atoms with van der Waals surface area (Å²) >= 11 is 0. The first-order valence-electron chi connectivity index (χ1n) is 10.9. The Bertz CT molecular complexity index is 968. The maximum absolute atomic E-state index is 13.9. The van der Waals surface area contributed by atoms with Gasteiger partial charge in [-0.1, -0.05) is 62.4 Å². The van der Waals surface area contributed by atoms with Crippen molar-refractivity contribution >= 4 is 9.84 Å². The Kier molecular flexibility index (Phi) is 7.29. The van der Waals surface area contributed by atoms with Crippen molar-refractivity contribution in [3.05, 3.63) is 66.2 Å². The van der Waals surface area contributed by atoms with Crippen molar-refractivity contribution in [3.63, 3.8) is 0 Å². The van der Waals surface area contributed by atoms with Crippen LogP contribution in [0, 0.1) is 5.92 Å². The van der Waals surface area contributed by atoms with Crippen molar-refractivity contribution in [2.75, 3.05) is 20.3 Å². The Balaban J connectivity index is 1.73. The van der Waals surface area contributed by atoms with Gasteiger partial charge in [0.25, 0.3) is 0 Å². The molecular weight excluding hydrogens is 430 g/mol. The van der Waals surface area contributed by atoms with Crippen molar-refractivity contribution in [1.29, 1.82) is 0 Å².